The molecule has 2 unspecified atom stereocenters. The van der Waals surface area contributed by atoms with Crippen molar-refractivity contribution in [3.05, 3.63) is 59.7 Å². The van der Waals surface area contributed by atoms with Crippen LogP contribution in [0.15, 0.2) is 48.6 Å². The number of rotatable bonds is 7. The number of carboxylic acid groups (broad SMARTS) is 1. The summed E-state index contributed by atoms with van der Waals surface area (Å²) in [5, 5.41) is 68.0. The molecule has 0 saturated heterocycles. The fourth-order valence-electron chi connectivity index (χ4n) is 3.66. The Labute approximate surface area is 209 Å². The molecule has 2 aromatic carbocycles. The Morgan fingerprint density at radius 1 is 0.784 bits per heavy atom. The normalized spacial score (nSPS) is 23.7. The monoisotopic (exact) mass is 516 g/mol. The maximum absolute atomic E-state index is 12.4. The number of ether oxygens (including phenoxy) is 2. The quantitative estimate of drug-likeness (QED) is 0.156. The van der Waals surface area contributed by atoms with Gasteiger partial charge in [-0.3, -0.25) is 0 Å². The highest BCUT2D eigenvalue weighted by Crippen LogP contribution is 2.33. The first-order valence-electron chi connectivity index (χ1n) is 10.8. The minimum atomic E-state index is -2.46. The van der Waals surface area contributed by atoms with Crippen molar-refractivity contribution in [2.24, 2.45) is 0 Å². The number of esters is 2. The highest BCUT2D eigenvalue weighted by atomic mass is 16.6. The summed E-state index contributed by atoms with van der Waals surface area (Å²) in [6.45, 7) is 0. The number of phenolic OH excluding ortho intramolecular Hbond substituents is 4. The summed E-state index contributed by atoms with van der Waals surface area (Å²) in [6, 6.07) is 7.50. The minimum Gasteiger partial charge on any atom is -0.504 e. The molecule has 1 fully saturated rings. The molecule has 1 aliphatic carbocycles. The predicted octanol–water partition coefficient (Wildman–Crippen LogP) is 1.03. The van der Waals surface area contributed by atoms with E-state index in [-0.39, 0.29) is 11.5 Å². The van der Waals surface area contributed by atoms with Crippen LogP contribution in [-0.4, -0.2) is 77.6 Å². The van der Waals surface area contributed by atoms with E-state index in [1.807, 2.05) is 0 Å². The van der Waals surface area contributed by atoms with Gasteiger partial charge in [0.25, 0.3) is 0 Å². The molecule has 37 heavy (non-hydrogen) atoms. The number of carbonyl (C=O) groups is 3. The molecule has 4 atom stereocenters. The molecular formula is C25H24O12. The summed E-state index contributed by atoms with van der Waals surface area (Å²) in [5.41, 5.74) is -1.82. The Balaban J connectivity index is 1.75. The summed E-state index contributed by atoms with van der Waals surface area (Å²) >= 11 is 0. The number of carbonyl (C=O) groups excluding carboxylic acids is 2. The van der Waals surface area contributed by atoms with Gasteiger partial charge in [0, 0.05) is 25.0 Å². The topological polar surface area (TPSA) is 211 Å². The molecule has 0 aromatic heterocycles. The molecule has 12 nitrogen and oxygen atoms in total. The van der Waals surface area contributed by atoms with Crippen molar-refractivity contribution in [1.82, 2.24) is 0 Å². The van der Waals surface area contributed by atoms with Crippen molar-refractivity contribution in [3.8, 4) is 23.0 Å². The lowest BCUT2D eigenvalue weighted by atomic mass is 9.79. The SMILES string of the molecule is O=C(/C=C/c1ccc(O)c(O)c1)OC1C(O)C[C@@](O)(C(=O)O)C[C@H]1OC(=O)/C=C/c1ccc(O)c(O)c1. The summed E-state index contributed by atoms with van der Waals surface area (Å²) in [4.78, 5) is 36.3. The molecule has 0 bridgehead atoms. The van der Waals surface area contributed by atoms with Crippen molar-refractivity contribution in [1.29, 1.82) is 0 Å². The summed E-state index contributed by atoms with van der Waals surface area (Å²) < 4.78 is 10.4. The standard InChI is InChI=1S/C25H24O12/c26-15-5-1-13(9-17(15)28)3-7-21(31)36-20-12-25(35,24(33)34)11-19(30)23(20)37-22(32)8-4-14-2-6-16(27)18(29)10-14/h1-10,19-20,23,26-30,35H,11-12H2,(H,33,34)/b7-3+,8-4+/t19?,20-,23?,25+/m1/s1. The number of aliphatic hydroxyl groups excluding tert-OH is 1. The van der Waals surface area contributed by atoms with E-state index in [4.69, 9.17) is 9.47 Å². The van der Waals surface area contributed by atoms with Crippen LogP contribution in [0.1, 0.15) is 24.0 Å². The van der Waals surface area contributed by atoms with Gasteiger partial charge in [0.05, 0.1) is 6.10 Å². The van der Waals surface area contributed by atoms with Crippen LogP contribution in [0, 0.1) is 0 Å². The smallest absolute Gasteiger partial charge is 0.335 e. The maximum Gasteiger partial charge on any atom is 0.335 e. The van der Waals surface area contributed by atoms with E-state index in [2.05, 4.69) is 0 Å². The summed E-state index contributed by atoms with van der Waals surface area (Å²) in [6.07, 6.45) is -1.86. The second kappa shape index (κ2) is 11.0. The first kappa shape index (κ1) is 27.0. The van der Waals surface area contributed by atoms with Crippen LogP contribution in [0.3, 0.4) is 0 Å². The Bertz CT molecular complexity index is 1250. The summed E-state index contributed by atoms with van der Waals surface area (Å²) in [7, 11) is 0. The van der Waals surface area contributed by atoms with Gasteiger partial charge in [0.15, 0.2) is 34.7 Å². The molecule has 0 heterocycles. The molecule has 0 radical (unpaired) electrons. The fourth-order valence-corrected chi connectivity index (χ4v) is 3.66. The predicted molar refractivity (Wildman–Crippen MR) is 125 cm³/mol. The van der Waals surface area contributed by atoms with Crippen LogP contribution in [0.5, 0.6) is 23.0 Å². The highest BCUT2D eigenvalue weighted by Gasteiger charge is 2.52. The van der Waals surface area contributed by atoms with Gasteiger partial charge in [-0.1, -0.05) is 12.1 Å². The molecule has 12 heteroatoms. The van der Waals surface area contributed by atoms with E-state index in [0.29, 0.717) is 11.1 Å². The number of carboxylic acids is 1. The van der Waals surface area contributed by atoms with E-state index in [1.54, 1.807) is 0 Å². The lowest BCUT2D eigenvalue weighted by molar-refractivity contribution is -0.204. The third-order valence-electron chi connectivity index (χ3n) is 5.57. The third-order valence-corrected chi connectivity index (χ3v) is 5.57. The van der Waals surface area contributed by atoms with Crippen LogP contribution in [0.4, 0.5) is 0 Å². The van der Waals surface area contributed by atoms with Gasteiger partial charge in [0.2, 0.25) is 0 Å². The minimum absolute atomic E-state index is 0.311. The van der Waals surface area contributed by atoms with Crippen molar-refractivity contribution in [2.75, 3.05) is 0 Å². The van der Waals surface area contributed by atoms with Crippen LogP contribution in [-0.2, 0) is 23.9 Å². The molecular weight excluding hydrogens is 492 g/mol. The van der Waals surface area contributed by atoms with Gasteiger partial charge in [-0.25, -0.2) is 14.4 Å². The van der Waals surface area contributed by atoms with Crippen LogP contribution < -0.4 is 0 Å². The zero-order valence-corrected chi connectivity index (χ0v) is 19.1. The van der Waals surface area contributed by atoms with E-state index >= 15 is 0 Å². The Hall–Kier alpha value is -4.55. The largest absolute Gasteiger partial charge is 0.504 e. The molecule has 196 valence electrons. The fraction of sp³-hybridized carbons (Fsp3) is 0.240. The lowest BCUT2D eigenvalue weighted by Crippen LogP contribution is -2.58. The zero-order chi connectivity index (χ0) is 27.3. The van der Waals surface area contributed by atoms with Gasteiger partial charge in [-0.05, 0) is 47.5 Å². The molecule has 0 amide bonds. The number of hydrogen-bond donors (Lipinski definition) is 7. The van der Waals surface area contributed by atoms with E-state index in [9.17, 15) is 50.1 Å². The number of phenols is 4. The molecule has 3 rings (SSSR count). The number of aromatic hydroxyl groups is 4. The number of benzene rings is 2. The molecule has 1 saturated carbocycles. The van der Waals surface area contributed by atoms with Gasteiger partial charge >= 0.3 is 17.9 Å². The molecule has 0 spiro atoms. The van der Waals surface area contributed by atoms with Gasteiger partial charge in [-0.2, -0.15) is 0 Å². The summed E-state index contributed by atoms with van der Waals surface area (Å²) in [5.74, 6) is -5.29. The number of aliphatic carboxylic acids is 1. The van der Waals surface area contributed by atoms with Crippen molar-refractivity contribution in [3.63, 3.8) is 0 Å². The van der Waals surface area contributed by atoms with Gasteiger partial charge in [-0.15, -0.1) is 0 Å². The average Bonchev–Trinajstić information content (AvgIpc) is 2.82. The van der Waals surface area contributed by atoms with Crippen LogP contribution in [0.25, 0.3) is 12.2 Å². The van der Waals surface area contributed by atoms with Crippen molar-refractivity contribution in [2.45, 2.75) is 36.8 Å². The molecule has 1 aliphatic rings. The molecule has 2 aromatic rings. The van der Waals surface area contributed by atoms with Gasteiger partial charge in [0.1, 0.15) is 6.10 Å². The van der Waals surface area contributed by atoms with E-state index in [1.165, 1.54) is 42.5 Å². The zero-order valence-electron chi connectivity index (χ0n) is 19.1. The third kappa shape index (κ3) is 6.78. The maximum atomic E-state index is 12.4. The Kier molecular flexibility index (Phi) is 8.05. The first-order chi connectivity index (χ1) is 17.4. The van der Waals surface area contributed by atoms with E-state index < -0.39 is 66.2 Å². The van der Waals surface area contributed by atoms with Crippen LogP contribution >= 0.6 is 0 Å². The molecule has 7 N–H and O–H groups in total. The second-order valence-corrected chi connectivity index (χ2v) is 8.35. The Morgan fingerprint density at radius 2 is 1.27 bits per heavy atom. The second-order valence-electron chi connectivity index (χ2n) is 8.35. The van der Waals surface area contributed by atoms with E-state index in [0.717, 1.165) is 18.2 Å². The number of hydrogen-bond acceptors (Lipinski definition) is 11. The molecule has 0 aliphatic heterocycles. The number of aliphatic hydroxyl groups is 2. The van der Waals surface area contributed by atoms with Crippen LogP contribution in [0.2, 0.25) is 0 Å². The van der Waals surface area contributed by atoms with Crippen molar-refractivity contribution >= 4 is 30.1 Å². The average molecular weight is 516 g/mol. The van der Waals surface area contributed by atoms with Gasteiger partial charge < -0.3 is 45.2 Å². The highest BCUT2D eigenvalue weighted by molar-refractivity contribution is 5.88. The lowest BCUT2D eigenvalue weighted by Gasteiger charge is -2.40. The first-order valence-corrected chi connectivity index (χ1v) is 10.8. The Morgan fingerprint density at radius 3 is 1.73 bits per heavy atom. The van der Waals surface area contributed by atoms with Crippen molar-refractivity contribution < 1.29 is 59.6 Å².